The number of rotatable bonds is 1. The van der Waals surface area contributed by atoms with Crippen LogP contribution in [0.5, 0.6) is 0 Å². The molecular weight excluding hydrogens is 254 g/mol. The number of ether oxygens (including phenoxy) is 1. The van der Waals surface area contributed by atoms with Crippen molar-refractivity contribution in [1.82, 2.24) is 5.32 Å². The molecule has 0 spiro atoms. The smallest absolute Gasteiger partial charge is 0.362 e. The van der Waals surface area contributed by atoms with E-state index >= 15 is 0 Å². The van der Waals surface area contributed by atoms with Gasteiger partial charge in [0.25, 0.3) is 0 Å². The fraction of sp³-hybridized carbons (Fsp3) is 0.364. The lowest BCUT2D eigenvalue weighted by Gasteiger charge is -2.24. The Hall–Kier alpha value is -1.63. The van der Waals surface area contributed by atoms with Crippen LogP contribution in [0.15, 0.2) is 18.2 Å². The number of hydrogen-bond acceptors (Lipinski definition) is 2. The number of morpholine rings is 1. The highest BCUT2D eigenvalue weighted by molar-refractivity contribution is 5.77. The molecule has 98 valence electrons. The van der Waals surface area contributed by atoms with Gasteiger partial charge in [-0.3, -0.25) is 4.79 Å². The summed E-state index contributed by atoms with van der Waals surface area (Å²) in [5.41, 5.74) is -1.01. The largest absolute Gasteiger partial charge is 0.416 e. The molecule has 18 heavy (non-hydrogen) atoms. The number of alkyl halides is 3. The van der Waals surface area contributed by atoms with Gasteiger partial charge in [0.15, 0.2) is 0 Å². The first-order valence-corrected chi connectivity index (χ1v) is 5.12. The highest BCUT2D eigenvalue weighted by Crippen LogP contribution is 2.32. The normalized spacial score (nSPS) is 20.7. The zero-order valence-corrected chi connectivity index (χ0v) is 9.05. The van der Waals surface area contributed by atoms with Crippen LogP contribution in [0.3, 0.4) is 0 Å². The lowest BCUT2D eigenvalue weighted by Crippen LogP contribution is -2.38. The van der Waals surface area contributed by atoms with Crippen molar-refractivity contribution in [3.05, 3.63) is 35.1 Å². The Morgan fingerprint density at radius 2 is 2.00 bits per heavy atom. The van der Waals surface area contributed by atoms with Gasteiger partial charge in [-0.05, 0) is 23.8 Å². The molecule has 1 saturated heterocycles. The summed E-state index contributed by atoms with van der Waals surface area (Å²) in [7, 11) is 0. The second kappa shape index (κ2) is 4.56. The maximum Gasteiger partial charge on any atom is 0.416 e. The molecule has 2 rings (SSSR count). The molecule has 1 fully saturated rings. The van der Waals surface area contributed by atoms with E-state index in [1.165, 1.54) is 0 Å². The van der Waals surface area contributed by atoms with Crippen molar-refractivity contribution >= 4 is 5.91 Å². The van der Waals surface area contributed by atoms with Gasteiger partial charge < -0.3 is 10.1 Å². The van der Waals surface area contributed by atoms with Crippen molar-refractivity contribution in [3.8, 4) is 0 Å². The van der Waals surface area contributed by atoms with Crippen LogP contribution >= 0.6 is 0 Å². The molecule has 1 unspecified atom stereocenters. The standard InChI is InChI=1S/C11H9F4NO2/c12-8-2-6(1-7(3-8)11(13,14)15)9-4-16-10(17)5-18-9/h1-3,9H,4-5H2,(H,16,17). The number of halogens is 4. The number of benzene rings is 1. The summed E-state index contributed by atoms with van der Waals surface area (Å²) in [5.74, 6) is -1.33. The lowest BCUT2D eigenvalue weighted by atomic mass is 10.0. The number of carbonyl (C=O) groups is 1. The van der Waals surface area contributed by atoms with Gasteiger partial charge >= 0.3 is 6.18 Å². The van der Waals surface area contributed by atoms with Gasteiger partial charge in [-0.2, -0.15) is 13.2 Å². The van der Waals surface area contributed by atoms with E-state index in [9.17, 15) is 22.4 Å². The summed E-state index contributed by atoms with van der Waals surface area (Å²) in [6.45, 7) is -0.220. The van der Waals surface area contributed by atoms with Crippen LogP contribution in [0, 0.1) is 5.82 Å². The Balaban J connectivity index is 2.28. The van der Waals surface area contributed by atoms with Crippen molar-refractivity contribution in [2.75, 3.05) is 13.2 Å². The predicted octanol–water partition coefficient (Wildman–Crippen LogP) is 2.03. The first-order valence-electron chi connectivity index (χ1n) is 5.12. The van der Waals surface area contributed by atoms with Gasteiger partial charge in [-0.25, -0.2) is 4.39 Å². The molecular formula is C11H9F4NO2. The van der Waals surface area contributed by atoms with E-state index in [0.29, 0.717) is 6.07 Å². The van der Waals surface area contributed by atoms with Crippen LogP contribution < -0.4 is 5.32 Å². The molecule has 1 aromatic carbocycles. The molecule has 0 radical (unpaired) electrons. The number of hydrogen-bond donors (Lipinski definition) is 1. The van der Waals surface area contributed by atoms with Crippen molar-refractivity contribution < 1.29 is 27.1 Å². The molecule has 0 saturated carbocycles. The second-order valence-corrected chi connectivity index (χ2v) is 3.87. The highest BCUT2D eigenvalue weighted by atomic mass is 19.4. The van der Waals surface area contributed by atoms with Gasteiger partial charge in [0.1, 0.15) is 18.5 Å². The van der Waals surface area contributed by atoms with Crippen LogP contribution in [0.2, 0.25) is 0 Å². The van der Waals surface area contributed by atoms with Gasteiger partial charge in [0.2, 0.25) is 5.91 Å². The molecule has 1 aliphatic heterocycles. The number of amides is 1. The molecule has 7 heteroatoms. The van der Waals surface area contributed by atoms with Gasteiger partial charge in [-0.15, -0.1) is 0 Å². The predicted molar refractivity (Wildman–Crippen MR) is 53.1 cm³/mol. The average molecular weight is 263 g/mol. The summed E-state index contributed by atoms with van der Waals surface area (Å²) in [6.07, 6.45) is -5.38. The van der Waals surface area contributed by atoms with E-state index in [-0.39, 0.29) is 24.6 Å². The Labute approximate surface area is 99.7 Å². The van der Waals surface area contributed by atoms with E-state index in [4.69, 9.17) is 4.74 Å². The molecule has 1 atom stereocenters. The molecule has 1 aliphatic rings. The Kier molecular flexibility index (Phi) is 3.25. The molecule has 1 aromatic rings. The van der Waals surface area contributed by atoms with E-state index in [1.54, 1.807) is 0 Å². The SMILES string of the molecule is O=C1COC(c2cc(F)cc(C(F)(F)F)c2)CN1. The summed E-state index contributed by atoms with van der Waals surface area (Å²) in [6, 6.07) is 2.22. The Morgan fingerprint density at radius 3 is 2.56 bits per heavy atom. The first-order chi connectivity index (χ1) is 8.36. The summed E-state index contributed by atoms with van der Waals surface area (Å²) in [4.78, 5) is 10.8. The third-order valence-electron chi connectivity index (χ3n) is 2.52. The minimum Gasteiger partial charge on any atom is -0.362 e. The second-order valence-electron chi connectivity index (χ2n) is 3.87. The molecule has 1 heterocycles. The summed E-state index contributed by atoms with van der Waals surface area (Å²) < 4.78 is 55.7. The quantitative estimate of drug-likeness (QED) is 0.787. The number of nitrogens with one attached hydrogen (secondary N) is 1. The van der Waals surface area contributed by atoms with Gasteiger partial charge in [-0.1, -0.05) is 0 Å². The zero-order valence-electron chi connectivity index (χ0n) is 9.05. The topological polar surface area (TPSA) is 38.3 Å². The monoisotopic (exact) mass is 263 g/mol. The lowest BCUT2D eigenvalue weighted by molar-refractivity contribution is -0.138. The molecule has 1 amide bonds. The van der Waals surface area contributed by atoms with Crippen LogP contribution in [-0.2, 0) is 15.7 Å². The van der Waals surface area contributed by atoms with Crippen molar-refractivity contribution in [1.29, 1.82) is 0 Å². The third kappa shape index (κ3) is 2.79. The van der Waals surface area contributed by atoms with Crippen molar-refractivity contribution in [3.63, 3.8) is 0 Å². The van der Waals surface area contributed by atoms with Crippen molar-refractivity contribution in [2.24, 2.45) is 0 Å². The van der Waals surface area contributed by atoms with Crippen LogP contribution in [0.25, 0.3) is 0 Å². The average Bonchev–Trinajstić information content (AvgIpc) is 2.28. The molecule has 0 aliphatic carbocycles. The van der Waals surface area contributed by atoms with E-state index < -0.39 is 23.7 Å². The summed E-state index contributed by atoms with van der Waals surface area (Å²) >= 11 is 0. The van der Waals surface area contributed by atoms with Gasteiger partial charge in [0, 0.05) is 6.54 Å². The Bertz CT molecular complexity index is 463. The zero-order chi connectivity index (χ0) is 13.3. The minimum atomic E-state index is -4.62. The fourth-order valence-electron chi connectivity index (χ4n) is 1.67. The minimum absolute atomic E-state index is 0.0274. The maximum absolute atomic E-state index is 13.1. The van der Waals surface area contributed by atoms with E-state index in [0.717, 1.165) is 12.1 Å². The summed E-state index contributed by atoms with van der Waals surface area (Å²) in [5, 5.41) is 2.44. The fourth-order valence-corrected chi connectivity index (χ4v) is 1.67. The Morgan fingerprint density at radius 1 is 1.28 bits per heavy atom. The third-order valence-corrected chi connectivity index (χ3v) is 2.52. The van der Waals surface area contributed by atoms with Crippen LogP contribution in [0.1, 0.15) is 17.2 Å². The molecule has 3 nitrogen and oxygen atoms in total. The molecule has 0 bridgehead atoms. The van der Waals surface area contributed by atoms with E-state index in [2.05, 4.69) is 5.32 Å². The van der Waals surface area contributed by atoms with Crippen LogP contribution in [-0.4, -0.2) is 19.1 Å². The first kappa shape index (κ1) is 12.8. The maximum atomic E-state index is 13.1. The molecule has 0 aromatic heterocycles. The molecule has 1 N–H and O–H groups in total. The van der Waals surface area contributed by atoms with Gasteiger partial charge in [0.05, 0.1) is 5.56 Å². The van der Waals surface area contributed by atoms with Crippen molar-refractivity contribution in [2.45, 2.75) is 12.3 Å². The number of carbonyl (C=O) groups excluding carboxylic acids is 1. The van der Waals surface area contributed by atoms with Crippen LogP contribution in [0.4, 0.5) is 17.6 Å². The highest BCUT2D eigenvalue weighted by Gasteiger charge is 2.32. The van der Waals surface area contributed by atoms with E-state index in [1.807, 2.05) is 0 Å².